The van der Waals surface area contributed by atoms with Crippen LogP contribution in [0.2, 0.25) is 0 Å². The maximum Gasteiger partial charge on any atom is 0.239 e. The van der Waals surface area contributed by atoms with Gasteiger partial charge >= 0.3 is 0 Å². The van der Waals surface area contributed by atoms with E-state index in [1.807, 2.05) is 31.2 Å². The molecule has 0 atom stereocenters. The molecule has 0 saturated carbocycles. The summed E-state index contributed by atoms with van der Waals surface area (Å²) >= 11 is 0. The molecular formula is C19H28N2O4S2. The minimum Gasteiger partial charge on any atom is -0.212 e. The summed E-state index contributed by atoms with van der Waals surface area (Å²) in [5.41, 5.74) is 2.12. The van der Waals surface area contributed by atoms with Crippen LogP contribution in [0.15, 0.2) is 29.2 Å². The van der Waals surface area contributed by atoms with Gasteiger partial charge in [0.1, 0.15) is 0 Å². The van der Waals surface area contributed by atoms with Gasteiger partial charge in [0, 0.05) is 26.2 Å². The van der Waals surface area contributed by atoms with Gasteiger partial charge in [-0.25, -0.2) is 16.8 Å². The maximum atomic E-state index is 13.0. The predicted molar refractivity (Wildman–Crippen MR) is 108 cm³/mol. The van der Waals surface area contributed by atoms with E-state index in [1.54, 1.807) is 6.08 Å². The number of sulfonamides is 2. The van der Waals surface area contributed by atoms with Crippen LogP contribution in [0.25, 0.3) is 6.08 Å². The van der Waals surface area contributed by atoms with Gasteiger partial charge in [-0.3, -0.25) is 0 Å². The number of fused-ring (bicyclic) bond motifs is 1. The van der Waals surface area contributed by atoms with E-state index in [2.05, 4.69) is 0 Å². The third kappa shape index (κ3) is 4.62. The molecule has 0 bridgehead atoms. The Morgan fingerprint density at radius 3 is 2.26 bits per heavy atom. The molecule has 0 N–H and O–H groups in total. The molecule has 8 heteroatoms. The van der Waals surface area contributed by atoms with Crippen LogP contribution in [-0.2, 0) is 26.5 Å². The molecule has 27 heavy (non-hydrogen) atoms. The number of benzene rings is 1. The zero-order chi connectivity index (χ0) is 19.5. The smallest absolute Gasteiger partial charge is 0.212 e. The van der Waals surface area contributed by atoms with Crippen LogP contribution >= 0.6 is 0 Å². The summed E-state index contributed by atoms with van der Waals surface area (Å²) in [5.74, 6) is 0.148. The first-order chi connectivity index (χ1) is 12.8. The second-order valence-corrected chi connectivity index (χ2v) is 11.2. The standard InChI is InChI=1S/C19H28N2O4S2/c1-2-3-6-15-26(22,23)20-11-13-21(14-12-20)27(24,25)19-10-9-17-7-4-5-8-18(17)16-19/h4-5,7-8,16H,2-3,6,9-15H2,1H3. The first-order valence-corrected chi connectivity index (χ1v) is 12.7. The number of rotatable bonds is 7. The van der Waals surface area contributed by atoms with Crippen LogP contribution in [0, 0.1) is 0 Å². The average molecular weight is 413 g/mol. The fourth-order valence-corrected chi connectivity index (χ4v) is 6.79. The highest BCUT2D eigenvalue weighted by atomic mass is 32.2. The van der Waals surface area contributed by atoms with E-state index in [0.717, 1.165) is 18.4 Å². The van der Waals surface area contributed by atoms with Gasteiger partial charge in [0.2, 0.25) is 20.0 Å². The summed E-state index contributed by atoms with van der Waals surface area (Å²) in [6, 6.07) is 7.83. The van der Waals surface area contributed by atoms with Crippen LogP contribution < -0.4 is 0 Å². The van der Waals surface area contributed by atoms with E-state index in [9.17, 15) is 16.8 Å². The minimum absolute atomic E-state index is 0.148. The topological polar surface area (TPSA) is 74.8 Å². The van der Waals surface area contributed by atoms with E-state index < -0.39 is 20.0 Å². The Kier molecular flexibility index (Phi) is 6.40. The number of piperazine rings is 1. The van der Waals surface area contributed by atoms with E-state index in [1.165, 1.54) is 14.2 Å². The Bertz CT molecular complexity index is 899. The number of nitrogens with zero attached hydrogens (tertiary/aromatic N) is 2. The summed E-state index contributed by atoms with van der Waals surface area (Å²) in [6.07, 6.45) is 5.50. The highest BCUT2D eigenvalue weighted by molar-refractivity contribution is 7.93. The van der Waals surface area contributed by atoms with E-state index in [4.69, 9.17) is 0 Å². The lowest BCUT2D eigenvalue weighted by Gasteiger charge is -2.34. The molecule has 0 amide bonds. The fraction of sp³-hybridized carbons (Fsp3) is 0.579. The van der Waals surface area contributed by atoms with Crippen LogP contribution in [0.1, 0.15) is 43.7 Å². The Hall–Kier alpha value is -1.22. The quantitative estimate of drug-likeness (QED) is 0.645. The molecule has 1 aliphatic carbocycles. The van der Waals surface area contributed by atoms with Gasteiger partial charge in [0.15, 0.2) is 0 Å². The molecule has 0 spiro atoms. The molecule has 0 aromatic heterocycles. The van der Waals surface area contributed by atoms with Crippen LogP contribution in [0.3, 0.4) is 0 Å². The Morgan fingerprint density at radius 2 is 1.56 bits per heavy atom. The van der Waals surface area contributed by atoms with Crippen molar-refractivity contribution in [2.24, 2.45) is 0 Å². The van der Waals surface area contributed by atoms with Gasteiger partial charge in [-0.1, -0.05) is 44.0 Å². The molecule has 1 heterocycles. The monoisotopic (exact) mass is 412 g/mol. The summed E-state index contributed by atoms with van der Waals surface area (Å²) < 4.78 is 53.7. The zero-order valence-corrected chi connectivity index (χ0v) is 17.4. The van der Waals surface area contributed by atoms with Gasteiger partial charge in [-0.05, 0) is 36.5 Å². The molecule has 1 saturated heterocycles. The third-order valence-electron chi connectivity index (χ3n) is 5.28. The van der Waals surface area contributed by atoms with Gasteiger partial charge < -0.3 is 0 Å². The third-order valence-corrected chi connectivity index (χ3v) is 9.27. The predicted octanol–water partition coefficient (Wildman–Crippen LogP) is 2.44. The largest absolute Gasteiger partial charge is 0.239 e. The molecule has 6 nitrogen and oxygen atoms in total. The molecule has 1 aromatic rings. The number of hydrogen-bond donors (Lipinski definition) is 0. The number of allylic oxidation sites excluding steroid dienone is 1. The van der Waals surface area contributed by atoms with E-state index in [-0.39, 0.29) is 31.9 Å². The highest BCUT2D eigenvalue weighted by Gasteiger charge is 2.34. The van der Waals surface area contributed by atoms with Gasteiger partial charge in [-0.15, -0.1) is 0 Å². The first-order valence-electron chi connectivity index (χ1n) is 9.61. The molecule has 1 aromatic carbocycles. The van der Waals surface area contributed by atoms with Crippen molar-refractivity contribution in [1.29, 1.82) is 0 Å². The zero-order valence-electron chi connectivity index (χ0n) is 15.8. The lowest BCUT2D eigenvalue weighted by molar-refractivity contribution is 0.274. The van der Waals surface area contributed by atoms with Crippen molar-refractivity contribution in [2.45, 2.75) is 39.0 Å². The van der Waals surface area contributed by atoms with Crippen LogP contribution in [0.4, 0.5) is 0 Å². The van der Waals surface area contributed by atoms with Crippen molar-refractivity contribution in [2.75, 3.05) is 31.9 Å². The average Bonchev–Trinajstić information content (AvgIpc) is 2.68. The number of aryl methyl sites for hydroxylation is 1. The highest BCUT2D eigenvalue weighted by Crippen LogP contribution is 2.29. The van der Waals surface area contributed by atoms with Gasteiger partial charge in [-0.2, -0.15) is 8.61 Å². The Balaban J connectivity index is 1.66. The molecule has 0 unspecified atom stereocenters. The number of unbranched alkanes of at least 4 members (excludes halogenated alkanes) is 2. The normalized spacial score (nSPS) is 19.5. The fourth-order valence-electron chi connectivity index (χ4n) is 3.63. The first kappa shape index (κ1) is 20.5. The summed E-state index contributed by atoms with van der Waals surface area (Å²) in [4.78, 5) is 0.431. The summed E-state index contributed by atoms with van der Waals surface area (Å²) in [5, 5.41) is 0. The van der Waals surface area contributed by atoms with Crippen LogP contribution in [0.5, 0.6) is 0 Å². The van der Waals surface area contributed by atoms with Crippen molar-refractivity contribution in [3.63, 3.8) is 0 Å². The van der Waals surface area contributed by atoms with Crippen molar-refractivity contribution in [1.82, 2.24) is 8.61 Å². The Labute approximate surface area is 163 Å². The SMILES string of the molecule is CCCCCS(=O)(=O)N1CCN(S(=O)(=O)C2=Cc3ccccc3CC2)CC1. The van der Waals surface area contributed by atoms with Crippen LogP contribution in [-0.4, -0.2) is 57.4 Å². The van der Waals surface area contributed by atoms with E-state index in [0.29, 0.717) is 24.2 Å². The van der Waals surface area contributed by atoms with Gasteiger partial charge in [0.25, 0.3) is 0 Å². The van der Waals surface area contributed by atoms with Crippen molar-refractivity contribution < 1.29 is 16.8 Å². The second-order valence-electron chi connectivity index (χ2n) is 7.14. The molecule has 3 rings (SSSR count). The molecule has 0 radical (unpaired) electrons. The van der Waals surface area contributed by atoms with Crippen molar-refractivity contribution in [3.8, 4) is 0 Å². The lowest BCUT2D eigenvalue weighted by Crippen LogP contribution is -2.51. The second kappa shape index (κ2) is 8.43. The molecule has 1 aliphatic heterocycles. The summed E-state index contributed by atoms with van der Waals surface area (Å²) in [7, 11) is -6.84. The van der Waals surface area contributed by atoms with E-state index >= 15 is 0 Å². The molecule has 1 fully saturated rings. The summed E-state index contributed by atoms with van der Waals surface area (Å²) in [6.45, 7) is 2.94. The maximum absolute atomic E-state index is 13.0. The number of hydrogen-bond acceptors (Lipinski definition) is 4. The molecule has 150 valence electrons. The molecular weight excluding hydrogens is 384 g/mol. The molecule has 2 aliphatic rings. The van der Waals surface area contributed by atoms with Gasteiger partial charge in [0.05, 0.1) is 10.7 Å². The van der Waals surface area contributed by atoms with Crippen molar-refractivity contribution >= 4 is 26.1 Å². The Morgan fingerprint density at radius 1 is 0.889 bits per heavy atom. The lowest BCUT2D eigenvalue weighted by atomic mass is 9.98. The van der Waals surface area contributed by atoms with Crippen molar-refractivity contribution in [3.05, 3.63) is 40.3 Å². The minimum atomic E-state index is -3.54.